The lowest BCUT2D eigenvalue weighted by atomic mass is 10.0. The summed E-state index contributed by atoms with van der Waals surface area (Å²) in [4.78, 5) is 4.26. The first kappa shape index (κ1) is 14.5. The standard InChI is InChI=1S/C14H17FN2O3/c1-4-10(8(2)18)14-16-13(17-20-14)9-5-6-11(15)12(7-9)19-3/h5-8,10,18H,4H2,1-3H3. The number of halogens is 1. The molecule has 0 radical (unpaired) electrons. The van der Waals surface area contributed by atoms with Gasteiger partial charge in [0.25, 0.3) is 0 Å². The van der Waals surface area contributed by atoms with E-state index in [4.69, 9.17) is 9.26 Å². The summed E-state index contributed by atoms with van der Waals surface area (Å²) in [6.45, 7) is 3.61. The fourth-order valence-corrected chi connectivity index (χ4v) is 2.02. The van der Waals surface area contributed by atoms with Crippen molar-refractivity contribution >= 4 is 0 Å². The number of rotatable bonds is 5. The molecule has 1 N–H and O–H groups in total. The molecule has 0 spiro atoms. The predicted molar refractivity (Wildman–Crippen MR) is 71.0 cm³/mol. The van der Waals surface area contributed by atoms with E-state index in [9.17, 15) is 9.50 Å². The van der Waals surface area contributed by atoms with Gasteiger partial charge >= 0.3 is 0 Å². The average molecular weight is 280 g/mol. The largest absolute Gasteiger partial charge is 0.494 e. The van der Waals surface area contributed by atoms with E-state index in [1.54, 1.807) is 13.0 Å². The van der Waals surface area contributed by atoms with Gasteiger partial charge in [0.05, 0.1) is 19.1 Å². The van der Waals surface area contributed by atoms with Crippen LogP contribution in [0.3, 0.4) is 0 Å². The number of ether oxygens (including phenoxy) is 1. The van der Waals surface area contributed by atoms with Crippen LogP contribution in [0.25, 0.3) is 11.4 Å². The number of hydrogen-bond donors (Lipinski definition) is 1. The van der Waals surface area contributed by atoms with E-state index in [-0.39, 0.29) is 11.7 Å². The summed E-state index contributed by atoms with van der Waals surface area (Å²) in [5.74, 6) is 0.184. The minimum absolute atomic E-state index is 0.122. The van der Waals surface area contributed by atoms with Gasteiger partial charge in [0.15, 0.2) is 11.6 Å². The van der Waals surface area contributed by atoms with Crippen LogP contribution in [-0.4, -0.2) is 28.5 Å². The van der Waals surface area contributed by atoms with Gasteiger partial charge in [-0.3, -0.25) is 0 Å². The zero-order valence-electron chi connectivity index (χ0n) is 11.6. The van der Waals surface area contributed by atoms with Crippen LogP contribution in [0.1, 0.15) is 32.1 Å². The monoisotopic (exact) mass is 280 g/mol. The third kappa shape index (κ3) is 2.80. The van der Waals surface area contributed by atoms with Crippen molar-refractivity contribution in [2.24, 2.45) is 0 Å². The highest BCUT2D eigenvalue weighted by Gasteiger charge is 2.22. The van der Waals surface area contributed by atoms with Crippen LogP contribution in [0.2, 0.25) is 0 Å². The summed E-state index contributed by atoms with van der Waals surface area (Å²) >= 11 is 0. The highest BCUT2D eigenvalue weighted by atomic mass is 19.1. The SMILES string of the molecule is CCC(c1nc(-c2ccc(F)c(OC)c2)no1)C(C)O. The Bertz CT molecular complexity index is 584. The quantitative estimate of drug-likeness (QED) is 0.912. The van der Waals surface area contributed by atoms with Gasteiger partial charge in [0, 0.05) is 5.56 Å². The molecule has 0 aliphatic carbocycles. The number of hydrogen-bond acceptors (Lipinski definition) is 5. The zero-order chi connectivity index (χ0) is 14.7. The van der Waals surface area contributed by atoms with Crippen molar-refractivity contribution in [2.45, 2.75) is 32.3 Å². The molecule has 5 nitrogen and oxygen atoms in total. The Labute approximate surface area is 116 Å². The molecule has 1 aromatic carbocycles. The number of aromatic nitrogens is 2. The van der Waals surface area contributed by atoms with Crippen molar-refractivity contribution < 1.29 is 18.8 Å². The van der Waals surface area contributed by atoms with E-state index in [1.807, 2.05) is 6.92 Å². The van der Waals surface area contributed by atoms with Crippen molar-refractivity contribution in [3.63, 3.8) is 0 Å². The van der Waals surface area contributed by atoms with Crippen LogP contribution in [0.4, 0.5) is 4.39 Å². The second-order valence-corrected chi connectivity index (χ2v) is 4.56. The minimum Gasteiger partial charge on any atom is -0.494 e. The summed E-state index contributed by atoms with van der Waals surface area (Å²) in [5, 5.41) is 13.5. The number of methoxy groups -OCH3 is 1. The maximum absolute atomic E-state index is 13.4. The first-order valence-corrected chi connectivity index (χ1v) is 6.42. The lowest BCUT2D eigenvalue weighted by Gasteiger charge is -2.12. The van der Waals surface area contributed by atoms with Crippen LogP contribution in [-0.2, 0) is 0 Å². The molecule has 1 aromatic heterocycles. The fourth-order valence-electron chi connectivity index (χ4n) is 2.02. The van der Waals surface area contributed by atoms with Crippen LogP contribution in [0.5, 0.6) is 5.75 Å². The Morgan fingerprint density at radius 2 is 2.20 bits per heavy atom. The molecule has 0 fully saturated rings. The third-order valence-corrected chi connectivity index (χ3v) is 3.19. The molecule has 20 heavy (non-hydrogen) atoms. The molecule has 2 aromatic rings. The highest BCUT2D eigenvalue weighted by Crippen LogP contribution is 2.27. The fraction of sp³-hybridized carbons (Fsp3) is 0.429. The van der Waals surface area contributed by atoms with Crippen LogP contribution in [0, 0.1) is 5.82 Å². The first-order chi connectivity index (χ1) is 9.56. The molecule has 2 atom stereocenters. The van der Waals surface area contributed by atoms with E-state index in [0.717, 1.165) is 0 Å². The second kappa shape index (κ2) is 6.00. The number of aliphatic hydroxyl groups is 1. The van der Waals surface area contributed by atoms with Gasteiger partial charge < -0.3 is 14.4 Å². The van der Waals surface area contributed by atoms with Gasteiger partial charge in [-0.05, 0) is 31.5 Å². The molecule has 1 heterocycles. The maximum atomic E-state index is 13.4. The normalized spacial score (nSPS) is 14.1. The van der Waals surface area contributed by atoms with Crippen LogP contribution >= 0.6 is 0 Å². The van der Waals surface area contributed by atoms with Gasteiger partial charge in [-0.1, -0.05) is 12.1 Å². The molecule has 0 bridgehead atoms. The van der Waals surface area contributed by atoms with Crippen LogP contribution < -0.4 is 4.74 Å². The Hall–Kier alpha value is -1.95. The molecule has 0 aliphatic heterocycles. The summed E-state index contributed by atoms with van der Waals surface area (Å²) in [6.07, 6.45) is 0.113. The van der Waals surface area contributed by atoms with E-state index in [0.29, 0.717) is 23.7 Å². The Morgan fingerprint density at radius 3 is 2.80 bits per heavy atom. The summed E-state index contributed by atoms with van der Waals surface area (Å²) < 4.78 is 23.5. The lowest BCUT2D eigenvalue weighted by Crippen LogP contribution is -2.13. The summed E-state index contributed by atoms with van der Waals surface area (Å²) in [5.41, 5.74) is 0.596. The van der Waals surface area contributed by atoms with Crippen molar-refractivity contribution in [3.8, 4) is 17.1 Å². The molecule has 6 heteroatoms. The molecule has 108 valence electrons. The Kier molecular flexibility index (Phi) is 4.34. The average Bonchev–Trinajstić information content (AvgIpc) is 2.89. The van der Waals surface area contributed by atoms with Gasteiger partial charge in [0.1, 0.15) is 0 Å². The Morgan fingerprint density at radius 1 is 1.45 bits per heavy atom. The molecular formula is C14H17FN2O3. The summed E-state index contributed by atoms with van der Waals surface area (Å²) in [6, 6.07) is 4.35. The molecule has 0 saturated carbocycles. The number of nitrogens with zero attached hydrogens (tertiary/aromatic N) is 2. The van der Waals surface area contributed by atoms with Gasteiger partial charge in [-0.15, -0.1) is 0 Å². The summed E-state index contributed by atoms with van der Waals surface area (Å²) in [7, 11) is 1.39. The van der Waals surface area contributed by atoms with E-state index < -0.39 is 11.9 Å². The molecule has 2 unspecified atom stereocenters. The van der Waals surface area contributed by atoms with Crippen molar-refractivity contribution in [1.29, 1.82) is 0 Å². The van der Waals surface area contributed by atoms with Crippen molar-refractivity contribution in [1.82, 2.24) is 10.1 Å². The molecule has 0 saturated heterocycles. The lowest BCUT2D eigenvalue weighted by molar-refractivity contribution is 0.141. The number of benzene rings is 1. The molecule has 0 aliphatic rings. The van der Waals surface area contributed by atoms with E-state index in [1.165, 1.54) is 19.2 Å². The first-order valence-electron chi connectivity index (χ1n) is 6.42. The third-order valence-electron chi connectivity index (χ3n) is 3.19. The minimum atomic E-state index is -0.573. The van der Waals surface area contributed by atoms with Gasteiger partial charge in [0.2, 0.25) is 11.7 Å². The zero-order valence-corrected chi connectivity index (χ0v) is 11.6. The molecule has 0 amide bonds. The molecular weight excluding hydrogens is 263 g/mol. The highest BCUT2D eigenvalue weighted by molar-refractivity contribution is 5.57. The smallest absolute Gasteiger partial charge is 0.232 e. The van der Waals surface area contributed by atoms with Crippen molar-refractivity contribution in [3.05, 3.63) is 29.9 Å². The Balaban J connectivity index is 2.33. The van der Waals surface area contributed by atoms with Gasteiger partial charge in [-0.2, -0.15) is 4.98 Å². The second-order valence-electron chi connectivity index (χ2n) is 4.56. The van der Waals surface area contributed by atoms with Crippen LogP contribution in [0.15, 0.2) is 22.7 Å². The topological polar surface area (TPSA) is 68.4 Å². The van der Waals surface area contributed by atoms with E-state index in [2.05, 4.69) is 10.1 Å². The van der Waals surface area contributed by atoms with Gasteiger partial charge in [-0.25, -0.2) is 4.39 Å². The molecule has 2 rings (SSSR count). The predicted octanol–water partition coefficient (Wildman–Crippen LogP) is 2.76. The maximum Gasteiger partial charge on any atom is 0.232 e. The van der Waals surface area contributed by atoms with Crippen molar-refractivity contribution in [2.75, 3.05) is 7.11 Å². The number of aliphatic hydroxyl groups excluding tert-OH is 1. The van der Waals surface area contributed by atoms with E-state index >= 15 is 0 Å².